The third-order valence-corrected chi connectivity index (χ3v) is 1.79. The molecule has 0 heterocycles. The summed E-state index contributed by atoms with van der Waals surface area (Å²) >= 11 is 5.01. The van der Waals surface area contributed by atoms with E-state index in [1.807, 2.05) is 19.1 Å². The van der Waals surface area contributed by atoms with Gasteiger partial charge in [-0.1, -0.05) is 29.3 Å². The molecule has 10 heavy (non-hydrogen) atoms. The monoisotopic (exact) mass is 160 g/mol. The molecule has 0 unspecified atom stereocenters. The normalized spacial score (nSPS) is 8.60. The van der Waals surface area contributed by atoms with Gasteiger partial charge >= 0.3 is 29.6 Å². The van der Waals surface area contributed by atoms with Gasteiger partial charge in [-0.2, -0.15) is 4.90 Å². The van der Waals surface area contributed by atoms with Crippen LogP contribution in [0.15, 0.2) is 23.1 Å². The van der Waals surface area contributed by atoms with Gasteiger partial charge in [-0.3, -0.25) is 0 Å². The van der Waals surface area contributed by atoms with Crippen molar-refractivity contribution in [2.75, 3.05) is 0 Å². The van der Waals surface area contributed by atoms with Crippen LogP contribution in [0.25, 0.3) is 0 Å². The van der Waals surface area contributed by atoms with Crippen LogP contribution in [0.5, 0.6) is 0 Å². The first-order valence-corrected chi connectivity index (χ1v) is 3.35. The molecule has 0 saturated heterocycles. The van der Waals surface area contributed by atoms with Crippen molar-refractivity contribution < 1.29 is 29.6 Å². The second kappa shape index (κ2) is 4.35. The van der Waals surface area contributed by atoms with Gasteiger partial charge in [0.05, 0.1) is 0 Å². The van der Waals surface area contributed by atoms with Crippen molar-refractivity contribution in [1.29, 1.82) is 0 Å². The Balaban J connectivity index is 0.000000810. The molecule has 0 amide bonds. The predicted octanol–water partition coefficient (Wildman–Crippen LogP) is -0.787. The Labute approximate surface area is 89.7 Å². The first-order valence-electron chi connectivity index (χ1n) is 2.94. The number of hydrogen-bond donors (Lipinski definition) is 0. The molecule has 48 valence electrons. The Bertz CT molecular complexity index is 220. The van der Waals surface area contributed by atoms with Crippen molar-refractivity contribution in [3.63, 3.8) is 0 Å². The zero-order valence-electron chi connectivity index (χ0n) is 6.64. The van der Waals surface area contributed by atoms with Gasteiger partial charge in [0.1, 0.15) is 0 Å². The average Bonchev–Trinajstić information content (AvgIpc) is 1.80. The molecule has 1 rings (SSSR count). The van der Waals surface area contributed by atoms with Crippen LogP contribution >= 0.6 is 0 Å². The zero-order chi connectivity index (χ0) is 6.85. The van der Waals surface area contributed by atoms with E-state index in [9.17, 15) is 0 Å². The van der Waals surface area contributed by atoms with Gasteiger partial charge in [0.2, 0.25) is 0 Å². The molecular weight excluding hydrogens is 151 g/mol. The standard InChI is InChI=1S/C8H10S.Na/c1-6-3-4-8(9)7(2)5-6;/h3-5,9H,1-2H3;/q;+1/p-1. The van der Waals surface area contributed by atoms with Crippen LogP contribution in [0.3, 0.4) is 0 Å². The average molecular weight is 160 g/mol. The van der Waals surface area contributed by atoms with Crippen LogP contribution in [-0.4, -0.2) is 0 Å². The smallest absolute Gasteiger partial charge is 0.779 e. The Morgan fingerprint density at radius 3 is 2.20 bits per heavy atom. The number of aryl methyl sites for hydroxylation is 2. The maximum absolute atomic E-state index is 5.01. The molecule has 1 aromatic carbocycles. The van der Waals surface area contributed by atoms with Gasteiger partial charge in [-0.05, 0) is 13.8 Å². The molecule has 0 bridgehead atoms. The van der Waals surface area contributed by atoms with Crippen molar-refractivity contribution in [2.45, 2.75) is 18.7 Å². The number of rotatable bonds is 0. The summed E-state index contributed by atoms with van der Waals surface area (Å²) in [5.74, 6) is 0. The van der Waals surface area contributed by atoms with Crippen LogP contribution in [0.2, 0.25) is 0 Å². The summed E-state index contributed by atoms with van der Waals surface area (Å²) in [4.78, 5) is 0.959. The fourth-order valence-electron chi connectivity index (χ4n) is 0.799. The summed E-state index contributed by atoms with van der Waals surface area (Å²) in [5.41, 5.74) is 2.48. The largest absolute Gasteiger partial charge is 1.00 e. The van der Waals surface area contributed by atoms with Crippen molar-refractivity contribution in [3.8, 4) is 0 Å². The summed E-state index contributed by atoms with van der Waals surface area (Å²) in [6, 6.07) is 6.11. The summed E-state index contributed by atoms with van der Waals surface area (Å²) in [6.07, 6.45) is 0. The molecule has 0 aromatic heterocycles. The van der Waals surface area contributed by atoms with E-state index in [1.165, 1.54) is 11.1 Å². The zero-order valence-corrected chi connectivity index (χ0v) is 9.46. The first-order chi connectivity index (χ1) is 4.20. The summed E-state index contributed by atoms with van der Waals surface area (Å²) < 4.78 is 0. The molecule has 0 radical (unpaired) electrons. The minimum absolute atomic E-state index is 0. The van der Waals surface area contributed by atoms with Crippen LogP contribution in [-0.2, 0) is 12.6 Å². The molecule has 0 saturated carbocycles. The Morgan fingerprint density at radius 1 is 1.20 bits per heavy atom. The van der Waals surface area contributed by atoms with Gasteiger partial charge < -0.3 is 12.6 Å². The topological polar surface area (TPSA) is 0 Å². The molecule has 1 aromatic rings. The van der Waals surface area contributed by atoms with Crippen LogP contribution in [0.4, 0.5) is 0 Å². The van der Waals surface area contributed by atoms with Crippen LogP contribution < -0.4 is 29.6 Å². The minimum atomic E-state index is 0. The molecule has 0 N–H and O–H groups in total. The van der Waals surface area contributed by atoms with E-state index in [0.717, 1.165) is 4.90 Å². The maximum atomic E-state index is 5.01. The minimum Gasteiger partial charge on any atom is -0.779 e. The predicted molar refractivity (Wildman–Crippen MR) is 41.5 cm³/mol. The molecule has 0 aliphatic rings. The molecular formula is C8H9NaS. The molecule has 0 aliphatic carbocycles. The van der Waals surface area contributed by atoms with E-state index in [4.69, 9.17) is 12.6 Å². The van der Waals surface area contributed by atoms with E-state index < -0.39 is 0 Å². The van der Waals surface area contributed by atoms with Crippen molar-refractivity contribution >= 4 is 12.6 Å². The van der Waals surface area contributed by atoms with Crippen molar-refractivity contribution in [1.82, 2.24) is 0 Å². The van der Waals surface area contributed by atoms with E-state index in [1.54, 1.807) is 0 Å². The summed E-state index contributed by atoms with van der Waals surface area (Å²) in [6.45, 7) is 4.11. The van der Waals surface area contributed by atoms with Gasteiger partial charge in [0.15, 0.2) is 0 Å². The Hall–Kier alpha value is 0.440. The molecule has 0 atom stereocenters. The van der Waals surface area contributed by atoms with E-state index in [-0.39, 0.29) is 29.6 Å². The molecule has 0 spiro atoms. The quantitative estimate of drug-likeness (QED) is 0.354. The van der Waals surface area contributed by atoms with E-state index in [0.29, 0.717) is 0 Å². The second-order valence-corrected chi connectivity index (χ2v) is 2.71. The number of hydrogen-bond acceptors (Lipinski definition) is 1. The second-order valence-electron chi connectivity index (χ2n) is 2.27. The van der Waals surface area contributed by atoms with Gasteiger partial charge in [-0.15, -0.1) is 0 Å². The molecule has 0 fully saturated rings. The van der Waals surface area contributed by atoms with Crippen molar-refractivity contribution in [2.24, 2.45) is 0 Å². The van der Waals surface area contributed by atoms with Gasteiger partial charge in [-0.25, -0.2) is 0 Å². The fraction of sp³-hybridized carbons (Fsp3) is 0.250. The SMILES string of the molecule is Cc1ccc([S-])c(C)c1.[Na+]. The van der Waals surface area contributed by atoms with Gasteiger partial charge in [0, 0.05) is 0 Å². The van der Waals surface area contributed by atoms with Crippen LogP contribution in [0, 0.1) is 13.8 Å². The number of benzene rings is 1. The maximum Gasteiger partial charge on any atom is 1.00 e. The summed E-state index contributed by atoms with van der Waals surface area (Å²) in [7, 11) is 0. The molecule has 2 heteroatoms. The Kier molecular flexibility index (Phi) is 4.54. The Morgan fingerprint density at radius 2 is 1.80 bits per heavy atom. The summed E-state index contributed by atoms with van der Waals surface area (Å²) in [5, 5.41) is 0. The third kappa shape index (κ3) is 2.59. The third-order valence-electron chi connectivity index (χ3n) is 1.33. The van der Waals surface area contributed by atoms with Crippen molar-refractivity contribution in [3.05, 3.63) is 29.3 Å². The van der Waals surface area contributed by atoms with Gasteiger partial charge in [0.25, 0.3) is 0 Å². The first kappa shape index (κ1) is 10.4. The van der Waals surface area contributed by atoms with Crippen LogP contribution in [0.1, 0.15) is 11.1 Å². The molecule has 0 nitrogen and oxygen atoms in total. The fourth-order valence-corrected chi connectivity index (χ4v) is 0.926. The van der Waals surface area contributed by atoms with E-state index >= 15 is 0 Å². The molecule has 0 aliphatic heterocycles. The van der Waals surface area contributed by atoms with E-state index in [2.05, 4.69) is 13.0 Å².